The Labute approximate surface area is 140 Å². The van der Waals surface area contributed by atoms with Gasteiger partial charge in [-0.1, -0.05) is 11.6 Å². The molecular weight excluding hydrogens is 318 g/mol. The van der Waals surface area contributed by atoms with Crippen molar-refractivity contribution in [3.63, 3.8) is 0 Å². The van der Waals surface area contributed by atoms with Crippen LogP contribution in [0.4, 0.5) is 4.79 Å². The fourth-order valence-electron chi connectivity index (χ4n) is 2.65. The predicted octanol–water partition coefficient (Wildman–Crippen LogP) is 2.20. The smallest absolute Gasteiger partial charge is 0.320 e. The number of rotatable bonds is 4. The second-order valence-corrected chi connectivity index (χ2v) is 6.18. The van der Waals surface area contributed by atoms with E-state index in [0.29, 0.717) is 31.7 Å². The van der Waals surface area contributed by atoms with Gasteiger partial charge in [0.2, 0.25) is 5.91 Å². The van der Waals surface area contributed by atoms with E-state index in [2.05, 4.69) is 5.32 Å². The predicted molar refractivity (Wildman–Crippen MR) is 88.4 cm³/mol. The lowest BCUT2D eigenvalue weighted by atomic mass is 9.97. The number of likely N-dealkylation sites (tertiary alicyclic amines) is 1. The molecule has 126 valence electrons. The maximum absolute atomic E-state index is 12.1. The van der Waals surface area contributed by atoms with Crippen LogP contribution in [0, 0.1) is 19.8 Å². The first-order chi connectivity index (χ1) is 10.9. The first kappa shape index (κ1) is 17.4. The molecule has 7 heteroatoms. The van der Waals surface area contributed by atoms with Crippen molar-refractivity contribution in [1.82, 2.24) is 10.2 Å². The van der Waals surface area contributed by atoms with Crippen LogP contribution in [0.5, 0.6) is 5.75 Å². The zero-order valence-corrected chi connectivity index (χ0v) is 14.2. The number of urea groups is 1. The van der Waals surface area contributed by atoms with Crippen molar-refractivity contribution in [3.8, 4) is 5.75 Å². The van der Waals surface area contributed by atoms with E-state index in [-0.39, 0.29) is 24.6 Å². The third kappa shape index (κ3) is 4.51. The Morgan fingerprint density at radius 2 is 1.87 bits per heavy atom. The van der Waals surface area contributed by atoms with Crippen LogP contribution in [-0.2, 0) is 4.79 Å². The molecule has 0 aromatic heterocycles. The third-order valence-electron chi connectivity index (χ3n) is 4.06. The van der Waals surface area contributed by atoms with Gasteiger partial charge >= 0.3 is 6.03 Å². The average molecular weight is 340 g/mol. The highest BCUT2D eigenvalue weighted by molar-refractivity contribution is 6.32. The van der Waals surface area contributed by atoms with Gasteiger partial charge in [0.15, 0.2) is 6.73 Å². The van der Waals surface area contributed by atoms with E-state index >= 15 is 0 Å². The molecule has 0 bridgehead atoms. The number of hydrogen-bond donors (Lipinski definition) is 2. The number of carbonyl (C=O) groups is 2. The summed E-state index contributed by atoms with van der Waals surface area (Å²) in [5, 5.41) is 3.44. The normalized spacial score (nSPS) is 15.3. The van der Waals surface area contributed by atoms with Crippen LogP contribution < -0.4 is 15.8 Å². The zero-order chi connectivity index (χ0) is 17.0. The lowest BCUT2D eigenvalue weighted by Crippen LogP contribution is -2.47. The summed E-state index contributed by atoms with van der Waals surface area (Å²) in [4.78, 5) is 24.8. The summed E-state index contributed by atoms with van der Waals surface area (Å²) in [7, 11) is 0. The van der Waals surface area contributed by atoms with E-state index in [1.54, 1.807) is 4.90 Å². The number of nitrogens with one attached hydrogen (secondary N) is 1. The number of benzene rings is 1. The monoisotopic (exact) mass is 339 g/mol. The van der Waals surface area contributed by atoms with Crippen LogP contribution in [0.25, 0.3) is 0 Å². The molecular formula is C16H22ClN3O3. The van der Waals surface area contributed by atoms with Crippen LogP contribution in [0.1, 0.15) is 24.0 Å². The fourth-order valence-corrected chi connectivity index (χ4v) is 2.76. The zero-order valence-electron chi connectivity index (χ0n) is 13.4. The Hall–Kier alpha value is -1.95. The summed E-state index contributed by atoms with van der Waals surface area (Å²) in [6, 6.07) is 3.47. The van der Waals surface area contributed by atoms with Crippen LogP contribution >= 0.6 is 11.6 Å². The van der Waals surface area contributed by atoms with E-state index in [0.717, 1.165) is 16.1 Å². The maximum atomic E-state index is 12.1. The molecule has 0 aliphatic carbocycles. The van der Waals surface area contributed by atoms with Gasteiger partial charge in [-0.05, 0) is 49.9 Å². The van der Waals surface area contributed by atoms with Gasteiger partial charge in [-0.2, -0.15) is 0 Å². The van der Waals surface area contributed by atoms with E-state index < -0.39 is 0 Å². The largest absolute Gasteiger partial charge is 0.473 e. The van der Waals surface area contributed by atoms with Gasteiger partial charge in [0, 0.05) is 24.0 Å². The summed E-state index contributed by atoms with van der Waals surface area (Å²) in [5.74, 6) is 0.245. The standard InChI is InChI=1S/C16H22ClN3O3/c1-10-7-13(8-11(2)14(10)17)23-9-19-16(22)20-5-3-12(4-6-20)15(18)21/h7-8,12H,3-6,9H2,1-2H3,(H2,18,21)(H,19,22). The Balaban J connectivity index is 1.78. The molecule has 1 aliphatic rings. The maximum Gasteiger partial charge on any atom is 0.320 e. The fraction of sp³-hybridized carbons (Fsp3) is 0.500. The Bertz CT molecular complexity index is 575. The number of halogens is 1. The van der Waals surface area contributed by atoms with Crippen molar-refractivity contribution in [2.45, 2.75) is 26.7 Å². The number of ether oxygens (including phenoxy) is 1. The number of amides is 3. The highest BCUT2D eigenvalue weighted by Gasteiger charge is 2.25. The van der Waals surface area contributed by atoms with Crippen LogP contribution in [0.2, 0.25) is 5.02 Å². The first-order valence-corrected chi connectivity index (χ1v) is 7.98. The molecule has 0 radical (unpaired) electrons. The first-order valence-electron chi connectivity index (χ1n) is 7.60. The summed E-state index contributed by atoms with van der Waals surface area (Å²) >= 11 is 6.10. The van der Waals surface area contributed by atoms with Crippen molar-refractivity contribution in [3.05, 3.63) is 28.3 Å². The van der Waals surface area contributed by atoms with Gasteiger partial charge in [0.25, 0.3) is 0 Å². The van der Waals surface area contributed by atoms with Gasteiger partial charge in [0.05, 0.1) is 0 Å². The highest BCUT2D eigenvalue weighted by atomic mass is 35.5. The minimum Gasteiger partial charge on any atom is -0.473 e. The summed E-state index contributed by atoms with van der Waals surface area (Å²) in [6.07, 6.45) is 1.22. The Kier molecular flexibility index (Phi) is 5.71. The topological polar surface area (TPSA) is 84.7 Å². The van der Waals surface area contributed by atoms with E-state index in [1.807, 2.05) is 26.0 Å². The van der Waals surface area contributed by atoms with Gasteiger partial charge in [-0.15, -0.1) is 0 Å². The molecule has 0 spiro atoms. The van der Waals surface area contributed by atoms with Gasteiger partial charge < -0.3 is 20.7 Å². The lowest BCUT2D eigenvalue weighted by Gasteiger charge is -2.30. The van der Waals surface area contributed by atoms with E-state index in [1.165, 1.54) is 0 Å². The van der Waals surface area contributed by atoms with Gasteiger partial charge in [0.1, 0.15) is 5.75 Å². The number of piperidine rings is 1. The van der Waals surface area contributed by atoms with Crippen LogP contribution in [0.3, 0.4) is 0 Å². The molecule has 0 atom stereocenters. The van der Waals surface area contributed by atoms with Crippen molar-refractivity contribution in [2.24, 2.45) is 11.7 Å². The molecule has 1 fully saturated rings. The van der Waals surface area contributed by atoms with E-state index in [9.17, 15) is 9.59 Å². The number of hydrogen-bond acceptors (Lipinski definition) is 3. The molecule has 0 saturated carbocycles. The summed E-state index contributed by atoms with van der Waals surface area (Å²) < 4.78 is 5.55. The molecule has 0 unspecified atom stereocenters. The Morgan fingerprint density at radius 3 is 2.39 bits per heavy atom. The summed E-state index contributed by atoms with van der Waals surface area (Å²) in [5.41, 5.74) is 7.14. The highest BCUT2D eigenvalue weighted by Crippen LogP contribution is 2.25. The minimum absolute atomic E-state index is 0.0785. The van der Waals surface area contributed by atoms with Gasteiger partial charge in [-0.3, -0.25) is 4.79 Å². The quantitative estimate of drug-likeness (QED) is 0.825. The molecule has 1 saturated heterocycles. The molecule has 1 aliphatic heterocycles. The van der Waals surface area contributed by atoms with Gasteiger partial charge in [-0.25, -0.2) is 4.79 Å². The van der Waals surface area contributed by atoms with Crippen LogP contribution in [0.15, 0.2) is 12.1 Å². The SMILES string of the molecule is Cc1cc(OCNC(=O)N2CCC(C(N)=O)CC2)cc(C)c1Cl. The van der Waals surface area contributed by atoms with Crippen molar-refractivity contribution >= 4 is 23.5 Å². The minimum atomic E-state index is -0.290. The number of nitrogens with zero attached hydrogens (tertiary/aromatic N) is 1. The second kappa shape index (κ2) is 7.55. The second-order valence-electron chi connectivity index (χ2n) is 5.81. The lowest BCUT2D eigenvalue weighted by molar-refractivity contribution is -0.123. The number of nitrogens with two attached hydrogens (primary N) is 1. The number of carbonyl (C=O) groups excluding carboxylic acids is 2. The van der Waals surface area contributed by atoms with E-state index in [4.69, 9.17) is 22.1 Å². The number of aryl methyl sites for hydroxylation is 2. The molecule has 3 N–H and O–H groups in total. The molecule has 1 aromatic rings. The molecule has 6 nitrogen and oxygen atoms in total. The molecule has 2 rings (SSSR count). The molecule has 1 aromatic carbocycles. The third-order valence-corrected chi connectivity index (χ3v) is 4.65. The summed E-state index contributed by atoms with van der Waals surface area (Å²) in [6.45, 7) is 4.94. The number of primary amides is 1. The van der Waals surface area contributed by atoms with Crippen molar-refractivity contribution in [1.29, 1.82) is 0 Å². The molecule has 1 heterocycles. The van der Waals surface area contributed by atoms with Crippen molar-refractivity contribution < 1.29 is 14.3 Å². The molecule has 23 heavy (non-hydrogen) atoms. The Morgan fingerprint density at radius 1 is 1.30 bits per heavy atom. The molecule has 3 amide bonds. The van der Waals surface area contributed by atoms with Crippen molar-refractivity contribution in [2.75, 3.05) is 19.8 Å². The van der Waals surface area contributed by atoms with Crippen LogP contribution in [-0.4, -0.2) is 36.7 Å². The average Bonchev–Trinajstić information content (AvgIpc) is 2.52.